The topological polar surface area (TPSA) is 41.6 Å². The Bertz CT molecular complexity index is 701. The molecule has 23 heavy (non-hydrogen) atoms. The Labute approximate surface area is 144 Å². The van der Waals surface area contributed by atoms with E-state index in [0.717, 1.165) is 43.0 Å². The predicted octanol–water partition coefficient (Wildman–Crippen LogP) is 4.43. The highest BCUT2D eigenvalue weighted by Crippen LogP contribution is 2.38. The molecule has 2 aromatic rings. The van der Waals surface area contributed by atoms with Crippen LogP contribution in [-0.2, 0) is 4.74 Å². The third kappa shape index (κ3) is 3.16. The van der Waals surface area contributed by atoms with Gasteiger partial charge >= 0.3 is 6.09 Å². The lowest BCUT2D eigenvalue weighted by molar-refractivity contribution is -0.0289. The van der Waals surface area contributed by atoms with Crippen LogP contribution in [0, 0.1) is 12.8 Å². The summed E-state index contributed by atoms with van der Waals surface area (Å²) in [7, 11) is 0. The van der Waals surface area contributed by atoms with E-state index in [1.165, 1.54) is 9.75 Å². The molecule has 5 rings (SSSR count). The molecule has 122 valence electrons. The van der Waals surface area contributed by atoms with Crippen LogP contribution in [0.3, 0.4) is 0 Å². The molecule has 0 aliphatic carbocycles. The molecule has 0 saturated carbocycles. The van der Waals surface area contributed by atoms with Gasteiger partial charge in [0.05, 0.1) is 10.6 Å². The molecule has 0 spiro atoms. The summed E-state index contributed by atoms with van der Waals surface area (Å²) in [4.78, 5) is 18.3. The minimum atomic E-state index is -0.323. The Balaban J connectivity index is 1.42. The number of hydrogen-bond donors (Lipinski definition) is 1. The van der Waals surface area contributed by atoms with Crippen molar-refractivity contribution in [3.63, 3.8) is 0 Å². The Morgan fingerprint density at radius 2 is 2.13 bits per heavy atom. The number of hydrogen-bond acceptors (Lipinski definition) is 5. The van der Waals surface area contributed by atoms with Crippen LogP contribution in [0.15, 0.2) is 23.6 Å². The lowest BCUT2D eigenvalue weighted by Crippen LogP contribution is -2.52. The molecular weight excluding hydrogens is 328 g/mol. The number of anilines is 1. The fourth-order valence-electron chi connectivity index (χ4n) is 3.48. The largest absolute Gasteiger partial charge is 0.444 e. The van der Waals surface area contributed by atoms with E-state index in [1.54, 1.807) is 22.7 Å². The van der Waals surface area contributed by atoms with Crippen molar-refractivity contribution in [3.8, 4) is 9.75 Å². The van der Waals surface area contributed by atoms with Crippen molar-refractivity contribution in [1.29, 1.82) is 0 Å². The minimum absolute atomic E-state index is 0.0450. The van der Waals surface area contributed by atoms with Gasteiger partial charge in [-0.2, -0.15) is 0 Å². The first kappa shape index (κ1) is 15.2. The molecule has 2 bridgehead atoms. The number of amides is 1. The van der Waals surface area contributed by atoms with Gasteiger partial charge in [-0.3, -0.25) is 10.2 Å². The van der Waals surface area contributed by atoms with Gasteiger partial charge in [-0.15, -0.1) is 22.7 Å². The second-order valence-electron chi connectivity index (χ2n) is 6.28. The van der Waals surface area contributed by atoms with E-state index in [1.807, 2.05) is 11.4 Å². The Hall–Kier alpha value is -1.37. The summed E-state index contributed by atoms with van der Waals surface area (Å²) in [5, 5.41) is 4.95. The summed E-state index contributed by atoms with van der Waals surface area (Å²) in [5.74, 6) is 0.535. The Kier molecular flexibility index (Phi) is 4.13. The molecule has 1 amide bonds. The number of thiophene rings is 2. The first-order chi connectivity index (χ1) is 11.2. The van der Waals surface area contributed by atoms with Crippen molar-refractivity contribution in [2.75, 3.05) is 25.0 Å². The maximum atomic E-state index is 12.3. The third-order valence-corrected chi connectivity index (χ3v) is 6.82. The van der Waals surface area contributed by atoms with E-state index in [-0.39, 0.29) is 12.2 Å². The van der Waals surface area contributed by atoms with Crippen LogP contribution in [0.4, 0.5) is 10.5 Å². The number of rotatable bonds is 3. The average Bonchev–Trinajstić information content (AvgIpc) is 3.17. The number of nitrogens with zero attached hydrogens (tertiary/aromatic N) is 1. The number of piperidine rings is 3. The van der Waals surface area contributed by atoms with Crippen molar-refractivity contribution in [2.45, 2.75) is 25.9 Å². The highest BCUT2D eigenvalue weighted by Gasteiger charge is 2.36. The number of carbonyl (C=O) groups is 1. The lowest BCUT2D eigenvalue weighted by atomic mass is 9.86. The van der Waals surface area contributed by atoms with E-state index in [2.05, 4.69) is 29.3 Å². The minimum Gasteiger partial charge on any atom is -0.444 e. The van der Waals surface area contributed by atoms with Gasteiger partial charge in [-0.05, 0) is 62.4 Å². The van der Waals surface area contributed by atoms with Gasteiger partial charge in [0.25, 0.3) is 0 Å². The molecule has 0 radical (unpaired) electrons. The highest BCUT2D eigenvalue weighted by molar-refractivity contribution is 7.21. The zero-order valence-electron chi connectivity index (χ0n) is 13.1. The van der Waals surface area contributed by atoms with Gasteiger partial charge in [0.15, 0.2) is 0 Å². The zero-order valence-corrected chi connectivity index (χ0v) is 14.7. The molecule has 3 saturated heterocycles. The number of aryl methyl sites for hydroxylation is 1. The molecule has 1 unspecified atom stereocenters. The number of ether oxygens (including phenoxy) is 1. The van der Waals surface area contributed by atoms with Gasteiger partial charge in [0.2, 0.25) is 0 Å². The van der Waals surface area contributed by atoms with Crippen LogP contribution >= 0.6 is 22.7 Å². The Morgan fingerprint density at radius 3 is 2.78 bits per heavy atom. The molecule has 2 aromatic heterocycles. The maximum absolute atomic E-state index is 12.3. The SMILES string of the molecule is Cc1ccc(-c2sccc2NC(=O)OC2CN3CCC2CC3)s1. The fourth-order valence-corrected chi connectivity index (χ4v) is 5.34. The Morgan fingerprint density at radius 1 is 1.30 bits per heavy atom. The van der Waals surface area contributed by atoms with Crippen molar-refractivity contribution in [3.05, 3.63) is 28.5 Å². The summed E-state index contributed by atoms with van der Waals surface area (Å²) in [6, 6.07) is 6.16. The molecular formula is C17H20N2O2S2. The van der Waals surface area contributed by atoms with Crippen molar-refractivity contribution >= 4 is 34.5 Å². The molecule has 3 aliphatic heterocycles. The molecule has 0 aromatic carbocycles. The summed E-state index contributed by atoms with van der Waals surface area (Å²) in [6.45, 7) is 5.28. The zero-order chi connectivity index (χ0) is 15.8. The van der Waals surface area contributed by atoms with E-state index < -0.39 is 0 Å². The normalized spacial score (nSPS) is 26.2. The summed E-state index contributed by atoms with van der Waals surface area (Å²) < 4.78 is 5.71. The van der Waals surface area contributed by atoms with E-state index in [4.69, 9.17) is 4.74 Å². The summed E-state index contributed by atoms with van der Waals surface area (Å²) in [6.07, 6.45) is 2.02. The number of fused-ring (bicyclic) bond motifs is 3. The first-order valence-electron chi connectivity index (χ1n) is 8.03. The quantitative estimate of drug-likeness (QED) is 0.892. The standard InChI is InChI=1S/C17H20N2O2S2/c1-11-2-3-15(23-11)16-13(6-9-22-16)18-17(20)21-14-10-19-7-4-12(14)5-8-19/h2-3,6,9,12,14H,4-5,7-8,10H2,1H3,(H,18,20). The van der Waals surface area contributed by atoms with E-state index >= 15 is 0 Å². The summed E-state index contributed by atoms with van der Waals surface area (Å²) in [5.41, 5.74) is 0.850. The second kappa shape index (κ2) is 6.26. The van der Waals surface area contributed by atoms with Crippen molar-refractivity contribution < 1.29 is 9.53 Å². The van der Waals surface area contributed by atoms with Crippen LogP contribution in [-0.4, -0.2) is 36.7 Å². The van der Waals surface area contributed by atoms with Gasteiger partial charge in [0, 0.05) is 16.3 Å². The van der Waals surface area contributed by atoms with Gasteiger partial charge in [0.1, 0.15) is 6.10 Å². The van der Waals surface area contributed by atoms with Crippen LogP contribution in [0.1, 0.15) is 17.7 Å². The van der Waals surface area contributed by atoms with Gasteiger partial charge in [-0.1, -0.05) is 0 Å². The highest BCUT2D eigenvalue weighted by atomic mass is 32.1. The molecule has 4 nitrogen and oxygen atoms in total. The fraction of sp³-hybridized carbons (Fsp3) is 0.471. The lowest BCUT2D eigenvalue weighted by Gasteiger charge is -2.43. The molecule has 3 fully saturated rings. The van der Waals surface area contributed by atoms with E-state index in [9.17, 15) is 4.79 Å². The molecule has 1 N–H and O–H groups in total. The van der Waals surface area contributed by atoms with Crippen LogP contribution in [0.2, 0.25) is 0 Å². The molecule has 5 heterocycles. The predicted molar refractivity (Wildman–Crippen MR) is 95.4 cm³/mol. The molecule has 3 aliphatic rings. The van der Waals surface area contributed by atoms with Gasteiger partial charge < -0.3 is 4.74 Å². The first-order valence-corrected chi connectivity index (χ1v) is 9.73. The van der Waals surface area contributed by atoms with Crippen LogP contribution in [0.25, 0.3) is 9.75 Å². The average molecular weight is 348 g/mol. The summed E-state index contributed by atoms with van der Waals surface area (Å²) >= 11 is 3.39. The van der Waals surface area contributed by atoms with Crippen LogP contribution in [0.5, 0.6) is 0 Å². The van der Waals surface area contributed by atoms with E-state index in [0.29, 0.717) is 5.92 Å². The number of nitrogens with one attached hydrogen (secondary N) is 1. The van der Waals surface area contributed by atoms with Crippen molar-refractivity contribution in [2.24, 2.45) is 5.92 Å². The number of carbonyl (C=O) groups excluding carboxylic acids is 1. The molecule has 1 atom stereocenters. The smallest absolute Gasteiger partial charge is 0.411 e. The van der Waals surface area contributed by atoms with Crippen LogP contribution < -0.4 is 5.32 Å². The second-order valence-corrected chi connectivity index (χ2v) is 8.48. The molecule has 6 heteroatoms. The monoisotopic (exact) mass is 348 g/mol. The van der Waals surface area contributed by atoms with Crippen molar-refractivity contribution in [1.82, 2.24) is 4.90 Å². The third-order valence-electron chi connectivity index (χ3n) is 4.72. The van der Waals surface area contributed by atoms with Gasteiger partial charge in [-0.25, -0.2) is 4.79 Å². The maximum Gasteiger partial charge on any atom is 0.411 e.